The first-order chi connectivity index (χ1) is 14.0. The number of hydrogen-bond acceptors (Lipinski definition) is 4. The number of rotatable bonds is 6. The highest BCUT2D eigenvalue weighted by Gasteiger charge is 2.24. The highest BCUT2D eigenvalue weighted by atomic mass is 127. The molecule has 1 saturated heterocycles. The third kappa shape index (κ3) is 6.86. The molecule has 2 heterocycles. The molecular weight excluding hydrogens is 491 g/mol. The van der Waals surface area contributed by atoms with Crippen LogP contribution >= 0.6 is 24.0 Å². The van der Waals surface area contributed by atoms with Gasteiger partial charge in [-0.15, -0.1) is 24.0 Å². The molecule has 0 bridgehead atoms. The Bertz CT molecular complexity index is 815. The highest BCUT2D eigenvalue weighted by molar-refractivity contribution is 14.0. The van der Waals surface area contributed by atoms with Crippen LogP contribution in [0.1, 0.15) is 24.9 Å². The van der Waals surface area contributed by atoms with E-state index in [0.717, 1.165) is 25.3 Å². The third-order valence-electron chi connectivity index (χ3n) is 5.03. The zero-order valence-electron chi connectivity index (χ0n) is 17.8. The van der Waals surface area contributed by atoms with Crippen LogP contribution in [0.2, 0.25) is 0 Å². The van der Waals surface area contributed by atoms with E-state index in [1.54, 1.807) is 19.0 Å². The molecule has 8 heteroatoms. The lowest BCUT2D eigenvalue weighted by Gasteiger charge is -2.22. The Hall–Kier alpha value is -2.36. The van der Waals surface area contributed by atoms with Gasteiger partial charge in [-0.2, -0.15) is 0 Å². The van der Waals surface area contributed by atoms with Crippen molar-refractivity contribution < 1.29 is 4.79 Å². The predicted octanol–water partition coefficient (Wildman–Crippen LogP) is 2.66. The molecule has 2 unspecified atom stereocenters. The van der Waals surface area contributed by atoms with E-state index in [0.29, 0.717) is 5.96 Å². The minimum Gasteiger partial charge on any atom is -0.354 e. The Morgan fingerprint density at radius 2 is 1.97 bits per heavy atom. The van der Waals surface area contributed by atoms with Gasteiger partial charge < -0.3 is 20.4 Å². The molecule has 1 aromatic carbocycles. The zero-order valence-corrected chi connectivity index (χ0v) is 20.1. The number of nitrogens with zero attached hydrogens (tertiary/aromatic N) is 4. The van der Waals surface area contributed by atoms with Crippen LogP contribution in [0.5, 0.6) is 0 Å². The van der Waals surface area contributed by atoms with E-state index < -0.39 is 0 Å². The zero-order chi connectivity index (χ0) is 20.6. The van der Waals surface area contributed by atoms with Gasteiger partial charge in [-0.3, -0.25) is 4.79 Å². The first-order valence-electron chi connectivity index (χ1n) is 10.0. The quantitative estimate of drug-likeness (QED) is 0.347. The van der Waals surface area contributed by atoms with Crippen LogP contribution in [0.4, 0.5) is 5.82 Å². The molecule has 0 radical (unpaired) electrons. The summed E-state index contributed by atoms with van der Waals surface area (Å²) in [4.78, 5) is 24.8. The van der Waals surface area contributed by atoms with Gasteiger partial charge in [-0.1, -0.05) is 36.4 Å². The normalized spacial score (nSPS) is 17.1. The van der Waals surface area contributed by atoms with Gasteiger partial charge in [0.15, 0.2) is 5.96 Å². The van der Waals surface area contributed by atoms with Gasteiger partial charge in [-0.05, 0) is 31.0 Å². The molecule has 2 atom stereocenters. The number of anilines is 1. The van der Waals surface area contributed by atoms with Gasteiger partial charge >= 0.3 is 0 Å². The van der Waals surface area contributed by atoms with E-state index in [1.807, 2.05) is 42.6 Å². The van der Waals surface area contributed by atoms with E-state index >= 15 is 0 Å². The number of guanidine groups is 1. The molecular formula is C22H31IN6O. The third-order valence-corrected chi connectivity index (χ3v) is 5.03. The average molecular weight is 522 g/mol. The Kier molecular flexibility index (Phi) is 9.35. The highest BCUT2D eigenvalue weighted by Crippen LogP contribution is 2.17. The minimum atomic E-state index is -0.0278. The molecule has 162 valence electrons. The van der Waals surface area contributed by atoms with Crippen LogP contribution in [-0.2, 0) is 4.79 Å². The van der Waals surface area contributed by atoms with Gasteiger partial charge in [0.1, 0.15) is 12.4 Å². The number of aromatic nitrogens is 1. The summed E-state index contributed by atoms with van der Waals surface area (Å²) in [6, 6.07) is 16.5. The van der Waals surface area contributed by atoms with Crippen molar-refractivity contribution >= 4 is 41.7 Å². The summed E-state index contributed by atoms with van der Waals surface area (Å²) in [7, 11) is 3.49. The maximum atomic E-state index is 12.0. The number of amides is 1. The smallest absolute Gasteiger partial charge is 0.243 e. The summed E-state index contributed by atoms with van der Waals surface area (Å²) in [5, 5.41) is 6.95. The molecule has 1 fully saturated rings. The number of nitrogens with one attached hydrogen (secondary N) is 2. The van der Waals surface area contributed by atoms with Gasteiger partial charge in [0, 0.05) is 39.4 Å². The Morgan fingerprint density at radius 3 is 2.63 bits per heavy atom. The molecule has 3 rings (SSSR count). The molecule has 0 aliphatic carbocycles. The first-order valence-corrected chi connectivity index (χ1v) is 10.0. The molecule has 30 heavy (non-hydrogen) atoms. The predicted molar refractivity (Wildman–Crippen MR) is 132 cm³/mol. The van der Waals surface area contributed by atoms with Gasteiger partial charge in [0.2, 0.25) is 5.91 Å². The van der Waals surface area contributed by atoms with Crippen molar-refractivity contribution in [3.8, 4) is 0 Å². The minimum absolute atomic E-state index is 0. The number of hydrogen-bond donors (Lipinski definition) is 2. The van der Waals surface area contributed by atoms with Crippen molar-refractivity contribution in [2.75, 3.05) is 38.6 Å². The second-order valence-electron chi connectivity index (χ2n) is 7.49. The number of likely N-dealkylation sites (N-methyl/N-ethyl adjacent to an activating group) is 1. The molecule has 0 spiro atoms. The summed E-state index contributed by atoms with van der Waals surface area (Å²) in [5.41, 5.74) is 1.17. The van der Waals surface area contributed by atoms with E-state index in [4.69, 9.17) is 0 Å². The number of pyridine rings is 1. The lowest BCUT2D eigenvalue weighted by atomic mass is 10.1. The Balaban J connectivity index is 0.00000320. The Morgan fingerprint density at radius 1 is 1.23 bits per heavy atom. The lowest BCUT2D eigenvalue weighted by molar-refractivity contribution is -0.127. The number of carbonyl (C=O) groups is 1. The second-order valence-corrected chi connectivity index (χ2v) is 7.49. The Labute approximate surface area is 196 Å². The standard InChI is InChI=1S/C22H30N6O.HI/c1-17(18-9-5-4-6-10-18)25-22(24-15-21(29)27(2)3)26-19-12-14-28(16-19)20-11-7-8-13-23-20;/h4-11,13,17,19H,12,14-16H2,1-3H3,(H2,24,25,26);1H. The number of carbonyl (C=O) groups excluding carboxylic acids is 1. The van der Waals surface area contributed by atoms with Crippen LogP contribution in [0, 0.1) is 0 Å². The number of benzene rings is 1. The second kappa shape index (κ2) is 11.7. The van der Waals surface area contributed by atoms with E-state index in [2.05, 4.69) is 44.6 Å². The van der Waals surface area contributed by atoms with Crippen molar-refractivity contribution in [2.45, 2.75) is 25.4 Å². The van der Waals surface area contributed by atoms with E-state index in [-0.39, 0.29) is 48.5 Å². The monoisotopic (exact) mass is 522 g/mol. The fourth-order valence-electron chi connectivity index (χ4n) is 3.27. The van der Waals surface area contributed by atoms with Gasteiger partial charge in [-0.25, -0.2) is 9.98 Å². The molecule has 2 N–H and O–H groups in total. The summed E-state index contributed by atoms with van der Waals surface area (Å²) in [5.74, 6) is 1.62. The molecule has 1 aliphatic rings. The van der Waals surface area contributed by atoms with Crippen molar-refractivity contribution in [3.05, 3.63) is 60.3 Å². The number of aliphatic imine (C=N–C) groups is 1. The van der Waals surface area contributed by atoms with Crippen molar-refractivity contribution in [1.82, 2.24) is 20.5 Å². The maximum Gasteiger partial charge on any atom is 0.243 e. The van der Waals surface area contributed by atoms with Crippen molar-refractivity contribution in [1.29, 1.82) is 0 Å². The van der Waals surface area contributed by atoms with E-state index in [9.17, 15) is 4.79 Å². The molecule has 1 aromatic heterocycles. The fourth-order valence-corrected chi connectivity index (χ4v) is 3.27. The van der Waals surface area contributed by atoms with Crippen LogP contribution < -0.4 is 15.5 Å². The van der Waals surface area contributed by atoms with E-state index in [1.165, 1.54) is 5.56 Å². The molecule has 1 amide bonds. The molecule has 1 aliphatic heterocycles. The van der Waals surface area contributed by atoms with Crippen LogP contribution in [0.15, 0.2) is 59.7 Å². The molecule has 0 saturated carbocycles. The van der Waals surface area contributed by atoms with Crippen molar-refractivity contribution in [3.63, 3.8) is 0 Å². The van der Waals surface area contributed by atoms with Crippen molar-refractivity contribution in [2.24, 2.45) is 4.99 Å². The van der Waals surface area contributed by atoms with Gasteiger partial charge in [0.05, 0.1) is 6.04 Å². The maximum absolute atomic E-state index is 12.0. The molecule has 7 nitrogen and oxygen atoms in total. The summed E-state index contributed by atoms with van der Waals surface area (Å²) in [6.45, 7) is 3.99. The van der Waals surface area contributed by atoms with Crippen LogP contribution in [0.3, 0.4) is 0 Å². The summed E-state index contributed by atoms with van der Waals surface area (Å²) in [6.07, 6.45) is 2.80. The average Bonchev–Trinajstić information content (AvgIpc) is 3.21. The van der Waals surface area contributed by atoms with Crippen LogP contribution in [0.25, 0.3) is 0 Å². The fraction of sp³-hybridized carbons (Fsp3) is 0.409. The SMILES string of the molecule is CC(NC(=NCC(=O)N(C)C)NC1CCN(c2ccccn2)C1)c1ccccc1.I. The van der Waals surface area contributed by atoms with Crippen LogP contribution in [-0.4, -0.2) is 61.5 Å². The van der Waals surface area contributed by atoms with Gasteiger partial charge in [0.25, 0.3) is 0 Å². The summed E-state index contributed by atoms with van der Waals surface area (Å²) >= 11 is 0. The lowest BCUT2D eigenvalue weighted by Crippen LogP contribution is -2.46. The topological polar surface area (TPSA) is 72.9 Å². The molecule has 2 aromatic rings. The number of halogens is 1. The summed E-state index contributed by atoms with van der Waals surface area (Å²) < 4.78 is 0. The largest absolute Gasteiger partial charge is 0.354 e. The first kappa shape index (κ1) is 23.9.